The number of carbonyl (C=O) groups is 2. The molecule has 0 unspecified atom stereocenters. The fourth-order valence-corrected chi connectivity index (χ4v) is 2.69. The molecule has 1 aliphatic rings. The van der Waals surface area contributed by atoms with E-state index in [1.54, 1.807) is 12.1 Å². The second-order valence-electron chi connectivity index (χ2n) is 6.53. The van der Waals surface area contributed by atoms with Crippen LogP contribution in [-0.2, 0) is 16.1 Å². The van der Waals surface area contributed by atoms with Gasteiger partial charge in [-0.05, 0) is 24.6 Å². The van der Waals surface area contributed by atoms with Crippen molar-refractivity contribution in [1.29, 1.82) is 0 Å². The van der Waals surface area contributed by atoms with Gasteiger partial charge in [0.25, 0.3) is 0 Å². The molecule has 8 heteroatoms. The number of rotatable bonds is 7. The topological polar surface area (TPSA) is 102 Å². The number of nitrogens with zero attached hydrogens (tertiary/aromatic N) is 1. The van der Waals surface area contributed by atoms with Gasteiger partial charge in [-0.3, -0.25) is 14.5 Å². The van der Waals surface area contributed by atoms with Gasteiger partial charge in [0, 0.05) is 19.6 Å². The van der Waals surface area contributed by atoms with Crippen LogP contribution in [0.5, 0.6) is 0 Å². The third-order valence-electron chi connectivity index (χ3n) is 4.26. The number of piperazine rings is 1. The van der Waals surface area contributed by atoms with Crippen molar-refractivity contribution < 1.29 is 24.2 Å². The number of hydrogen-bond acceptors (Lipinski definition) is 5. The lowest BCUT2D eigenvalue weighted by Gasteiger charge is -2.35. The molecule has 0 aromatic heterocycles. The number of nitrogens with one attached hydrogen (secondary N) is 2. The molecule has 2 amide bonds. The maximum atomic E-state index is 13.0. The van der Waals surface area contributed by atoms with Crippen LogP contribution in [0.25, 0.3) is 0 Å². The second kappa shape index (κ2) is 8.37. The van der Waals surface area contributed by atoms with Crippen molar-refractivity contribution >= 4 is 11.8 Å². The molecule has 0 aliphatic carbocycles. The lowest BCUT2D eigenvalue weighted by Crippen LogP contribution is -2.58. The van der Waals surface area contributed by atoms with Gasteiger partial charge in [0.15, 0.2) is 0 Å². The molecule has 1 saturated heterocycles. The van der Waals surface area contributed by atoms with Gasteiger partial charge in [-0.25, -0.2) is 4.39 Å². The van der Waals surface area contributed by atoms with Crippen molar-refractivity contribution in [2.45, 2.75) is 31.5 Å². The van der Waals surface area contributed by atoms with Crippen molar-refractivity contribution in [2.24, 2.45) is 0 Å². The van der Waals surface area contributed by atoms with Gasteiger partial charge in [-0.1, -0.05) is 12.1 Å². The van der Waals surface area contributed by atoms with Crippen LogP contribution in [-0.4, -0.2) is 64.8 Å². The first-order valence-electron chi connectivity index (χ1n) is 8.16. The molecule has 0 bridgehead atoms. The Morgan fingerprint density at radius 3 is 2.60 bits per heavy atom. The first kappa shape index (κ1) is 19.3. The van der Waals surface area contributed by atoms with Crippen LogP contribution in [0.4, 0.5) is 4.39 Å². The Hall–Kier alpha value is -2.03. The maximum Gasteiger partial charge on any atom is 0.237 e. The molecule has 0 spiro atoms. The molecule has 1 aliphatic heterocycles. The highest BCUT2D eigenvalue weighted by Crippen LogP contribution is 2.15. The molecule has 1 heterocycles. The zero-order chi connectivity index (χ0) is 18.4. The average molecular weight is 353 g/mol. The van der Waals surface area contributed by atoms with E-state index in [1.165, 1.54) is 19.1 Å². The molecule has 7 nitrogen and oxygen atoms in total. The first-order chi connectivity index (χ1) is 11.9. The number of hydrogen-bond donors (Lipinski definition) is 4. The SMILES string of the molecule is CC(CO)(CO)NC(=O)C[C@H]1C(=O)NCCN1Cc1ccc(F)cc1. The van der Waals surface area contributed by atoms with E-state index >= 15 is 0 Å². The quantitative estimate of drug-likeness (QED) is 0.523. The molecule has 1 atom stereocenters. The molecule has 1 aromatic carbocycles. The van der Waals surface area contributed by atoms with E-state index in [0.717, 1.165) is 5.56 Å². The normalized spacial score (nSPS) is 18.7. The predicted octanol–water partition coefficient (Wildman–Crippen LogP) is -0.624. The highest BCUT2D eigenvalue weighted by Gasteiger charge is 2.33. The van der Waals surface area contributed by atoms with Crippen molar-refractivity contribution in [1.82, 2.24) is 15.5 Å². The van der Waals surface area contributed by atoms with Gasteiger partial charge in [-0.2, -0.15) is 0 Å². The van der Waals surface area contributed by atoms with E-state index in [-0.39, 0.29) is 18.1 Å². The Bertz CT molecular complexity index is 604. The zero-order valence-electron chi connectivity index (χ0n) is 14.2. The number of benzene rings is 1. The summed E-state index contributed by atoms with van der Waals surface area (Å²) in [5.74, 6) is -1.02. The Kier molecular flexibility index (Phi) is 6.46. The number of amides is 2. The summed E-state index contributed by atoms with van der Waals surface area (Å²) in [5.41, 5.74) is -0.290. The smallest absolute Gasteiger partial charge is 0.237 e. The maximum absolute atomic E-state index is 13.0. The van der Waals surface area contributed by atoms with Gasteiger partial charge >= 0.3 is 0 Å². The van der Waals surface area contributed by atoms with Gasteiger partial charge in [0.1, 0.15) is 5.82 Å². The number of halogens is 1. The summed E-state index contributed by atoms with van der Waals surface area (Å²) in [7, 11) is 0. The largest absolute Gasteiger partial charge is 0.394 e. The first-order valence-corrected chi connectivity index (χ1v) is 8.16. The van der Waals surface area contributed by atoms with Gasteiger partial charge < -0.3 is 20.8 Å². The van der Waals surface area contributed by atoms with E-state index in [9.17, 15) is 24.2 Å². The van der Waals surface area contributed by atoms with Gasteiger partial charge in [-0.15, -0.1) is 0 Å². The van der Waals surface area contributed by atoms with E-state index in [1.807, 2.05) is 4.90 Å². The van der Waals surface area contributed by atoms with Gasteiger partial charge in [0.05, 0.1) is 31.2 Å². The Balaban J connectivity index is 2.04. The summed E-state index contributed by atoms with van der Waals surface area (Å²) in [6.45, 7) is 2.16. The molecule has 0 radical (unpaired) electrons. The van der Waals surface area contributed by atoms with Crippen molar-refractivity contribution in [3.05, 3.63) is 35.6 Å². The molecule has 0 saturated carbocycles. The Labute approximate surface area is 145 Å². The highest BCUT2D eigenvalue weighted by molar-refractivity contribution is 5.89. The fourth-order valence-electron chi connectivity index (χ4n) is 2.69. The summed E-state index contributed by atoms with van der Waals surface area (Å²) < 4.78 is 13.0. The van der Waals surface area contributed by atoms with Crippen molar-refractivity contribution in [2.75, 3.05) is 26.3 Å². The van der Waals surface area contributed by atoms with E-state index in [0.29, 0.717) is 19.6 Å². The third-order valence-corrected chi connectivity index (χ3v) is 4.26. The summed E-state index contributed by atoms with van der Waals surface area (Å²) >= 11 is 0. The summed E-state index contributed by atoms with van der Waals surface area (Å²) in [6, 6.07) is 5.34. The summed E-state index contributed by atoms with van der Waals surface area (Å²) in [6.07, 6.45) is -0.0946. The van der Waals surface area contributed by atoms with Crippen LogP contribution >= 0.6 is 0 Å². The van der Waals surface area contributed by atoms with E-state index in [4.69, 9.17) is 0 Å². The molecule has 25 heavy (non-hydrogen) atoms. The molecular formula is C17H24FN3O4. The van der Waals surface area contributed by atoms with E-state index < -0.39 is 30.7 Å². The average Bonchev–Trinajstić information content (AvgIpc) is 2.59. The summed E-state index contributed by atoms with van der Waals surface area (Å²) in [5, 5.41) is 23.8. The highest BCUT2D eigenvalue weighted by atomic mass is 19.1. The fraction of sp³-hybridized carbons (Fsp3) is 0.529. The summed E-state index contributed by atoms with van der Waals surface area (Å²) in [4.78, 5) is 26.3. The molecular weight excluding hydrogens is 329 g/mol. The van der Waals surface area contributed by atoms with Crippen LogP contribution in [0, 0.1) is 5.82 Å². The molecule has 138 valence electrons. The number of aliphatic hydroxyl groups excluding tert-OH is 2. The van der Waals surface area contributed by atoms with Crippen LogP contribution in [0.2, 0.25) is 0 Å². The second-order valence-corrected chi connectivity index (χ2v) is 6.53. The van der Waals surface area contributed by atoms with Crippen LogP contribution in [0.15, 0.2) is 24.3 Å². The lowest BCUT2D eigenvalue weighted by atomic mass is 10.0. The molecule has 4 N–H and O–H groups in total. The van der Waals surface area contributed by atoms with Crippen molar-refractivity contribution in [3.63, 3.8) is 0 Å². The molecule has 1 aromatic rings. The standard InChI is InChI=1S/C17H24FN3O4/c1-17(10-22,11-23)20-15(24)8-14-16(25)19-6-7-21(14)9-12-2-4-13(18)5-3-12/h2-5,14,22-23H,6-11H2,1H3,(H,19,25)(H,20,24)/t14-/m0/s1. The minimum Gasteiger partial charge on any atom is -0.394 e. The minimum absolute atomic E-state index is 0.0946. The predicted molar refractivity (Wildman–Crippen MR) is 88.9 cm³/mol. The van der Waals surface area contributed by atoms with Crippen LogP contribution < -0.4 is 10.6 Å². The van der Waals surface area contributed by atoms with Crippen molar-refractivity contribution in [3.8, 4) is 0 Å². The van der Waals surface area contributed by atoms with Gasteiger partial charge in [0.2, 0.25) is 11.8 Å². The number of aliphatic hydroxyl groups is 2. The minimum atomic E-state index is -1.13. The zero-order valence-corrected chi connectivity index (χ0v) is 14.2. The molecule has 2 rings (SSSR count). The van der Waals surface area contributed by atoms with E-state index in [2.05, 4.69) is 10.6 Å². The lowest BCUT2D eigenvalue weighted by molar-refractivity contribution is -0.135. The third kappa shape index (κ3) is 5.22. The Morgan fingerprint density at radius 2 is 2.00 bits per heavy atom. The van der Waals surface area contributed by atoms with Crippen LogP contribution in [0.1, 0.15) is 18.9 Å². The monoisotopic (exact) mass is 353 g/mol. The molecule has 1 fully saturated rings. The number of carbonyl (C=O) groups excluding carboxylic acids is 2. The van der Waals surface area contributed by atoms with Crippen LogP contribution in [0.3, 0.4) is 0 Å². The Morgan fingerprint density at radius 1 is 1.36 bits per heavy atom.